The van der Waals surface area contributed by atoms with Gasteiger partial charge in [0.15, 0.2) is 0 Å². The largest absolute Gasteiger partial charge is 0.677 e. The van der Waals surface area contributed by atoms with Crippen molar-refractivity contribution in [2.45, 2.75) is 39.0 Å². The first-order valence-electron chi connectivity index (χ1n) is 4.88. The van der Waals surface area contributed by atoms with Gasteiger partial charge in [0.1, 0.15) is 5.78 Å². The molecule has 0 saturated heterocycles. The third-order valence-electron chi connectivity index (χ3n) is 2.88. The Morgan fingerprint density at radius 2 is 1.92 bits per heavy atom. The molecule has 1 fully saturated rings. The van der Waals surface area contributed by atoms with Gasteiger partial charge in [-0.15, -0.1) is 6.54 Å². The molecule has 0 bridgehead atoms. The van der Waals surface area contributed by atoms with Crippen molar-refractivity contribution in [2.75, 3.05) is 6.54 Å². The topological polar surface area (TPSA) is 40.9 Å². The molecular formula is C10H18NO-. The van der Waals surface area contributed by atoms with E-state index in [4.69, 9.17) is 5.73 Å². The van der Waals surface area contributed by atoms with Gasteiger partial charge in [0.05, 0.1) is 0 Å². The van der Waals surface area contributed by atoms with Crippen LogP contribution in [0.2, 0.25) is 0 Å². The number of hydrogen-bond acceptors (Lipinski definition) is 1. The molecule has 70 valence electrons. The van der Waals surface area contributed by atoms with Gasteiger partial charge in [0.2, 0.25) is 0 Å². The van der Waals surface area contributed by atoms with Gasteiger partial charge in [-0.3, -0.25) is 0 Å². The number of nitrogens with one attached hydrogen (secondary N) is 1. The molecule has 0 spiro atoms. The molecular weight excluding hydrogens is 150 g/mol. The molecule has 2 heteroatoms. The molecule has 0 aromatic rings. The predicted molar refractivity (Wildman–Crippen MR) is 49.9 cm³/mol. The Hall–Kier alpha value is -0.370. The Balaban J connectivity index is 2.41. The van der Waals surface area contributed by atoms with Crippen molar-refractivity contribution in [3.63, 3.8) is 0 Å². The Morgan fingerprint density at radius 1 is 1.33 bits per heavy atom. The van der Waals surface area contributed by atoms with E-state index in [0.29, 0.717) is 30.6 Å². The van der Waals surface area contributed by atoms with E-state index in [2.05, 4.69) is 0 Å². The van der Waals surface area contributed by atoms with Gasteiger partial charge in [-0.2, -0.15) is 0 Å². The van der Waals surface area contributed by atoms with E-state index >= 15 is 0 Å². The zero-order chi connectivity index (χ0) is 8.97. The lowest BCUT2D eigenvalue weighted by Crippen LogP contribution is -2.23. The molecule has 2 nitrogen and oxygen atoms in total. The van der Waals surface area contributed by atoms with Gasteiger partial charge in [-0.05, 0) is 19.3 Å². The minimum absolute atomic E-state index is 0.292. The van der Waals surface area contributed by atoms with Crippen LogP contribution in [-0.2, 0) is 4.79 Å². The summed E-state index contributed by atoms with van der Waals surface area (Å²) in [6.07, 6.45) is 5.57. The molecule has 1 aliphatic rings. The predicted octanol–water partition coefficient (Wildman–Crippen LogP) is 2.82. The van der Waals surface area contributed by atoms with E-state index in [1.807, 2.05) is 0 Å². The second-order valence-electron chi connectivity index (χ2n) is 3.91. The average Bonchev–Trinajstić information content (AvgIpc) is 2.04. The van der Waals surface area contributed by atoms with Crippen LogP contribution in [0.5, 0.6) is 0 Å². The third-order valence-corrected chi connectivity index (χ3v) is 2.88. The van der Waals surface area contributed by atoms with Crippen LogP contribution in [-0.4, -0.2) is 12.3 Å². The summed E-state index contributed by atoms with van der Waals surface area (Å²) < 4.78 is 0. The lowest BCUT2D eigenvalue weighted by atomic mass is 9.77. The molecule has 0 aromatic carbocycles. The minimum Gasteiger partial charge on any atom is -0.677 e. The summed E-state index contributed by atoms with van der Waals surface area (Å²) in [5, 5.41) is 0. The Bertz CT molecular complexity index is 156. The summed E-state index contributed by atoms with van der Waals surface area (Å²) in [5.41, 5.74) is 7.36. The van der Waals surface area contributed by atoms with Crippen LogP contribution < -0.4 is 0 Å². The molecule has 1 N–H and O–H groups in total. The highest BCUT2D eigenvalue weighted by Crippen LogP contribution is 2.32. The maximum atomic E-state index is 10.9. The van der Waals surface area contributed by atoms with Crippen LogP contribution in [0.4, 0.5) is 0 Å². The molecule has 12 heavy (non-hydrogen) atoms. The SMILES string of the molecule is CC(=O)CC1CCCCC1C[NH-]. The summed E-state index contributed by atoms with van der Waals surface area (Å²) in [7, 11) is 0. The Morgan fingerprint density at radius 3 is 2.42 bits per heavy atom. The molecule has 1 saturated carbocycles. The quantitative estimate of drug-likeness (QED) is 0.638. The van der Waals surface area contributed by atoms with Crippen molar-refractivity contribution in [1.29, 1.82) is 0 Å². The fourth-order valence-electron chi connectivity index (χ4n) is 2.19. The molecule has 0 aliphatic heterocycles. The van der Waals surface area contributed by atoms with Crippen molar-refractivity contribution in [3.05, 3.63) is 5.73 Å². The first-order valence-corrected chi connectivity index (χ1v) is 4.88. The third kappa shape index (κ3) is 2.59. The van der Waals surface area contributed by atoms with E-state index in [1.165, 1.54) is 25.7 Å². The van der Waals surface area contributed by atoms with Crippen molar-refractivity contribution in [3.8, 4) is 0 Å². The maximum absolute atomic E-state index is 10.9. The minimum atomic E-state index is 0.292. The number of carbonyl (C=O) groups excluding carboxylic acids is 1. The van der Waals surface area contributed by atoms with Crippen LogP contribution >= 0.6 is 0 Å². The molecule has 1 rings (SSSR count). The van der Waals surface area contributed by atoms with Crippen LogP contribution in [0.25, 0.3) is 5.73 Å². The number of ketones is 1. The van der Waals surface area contributed by atoms with Crippen LogP contribution in [0, 0.1) is 11.8 Å². The molecule has 0 aromatic heterocycles. The lowest BCUT2D eigenvalue weighted by molar-refractivity contribution is -0.118. The molecule has 0 amide bonds. The lowest BCUT2D eigenvalue weighted by Gasteiger charge is -2.32. The van der Waals surface area contributed by atoms with Gasteiger partial charge in [0.25, 0.3) is 0 Å². The first kappa shape index (κ1) is 9.72. The smallest absolute Gasteiger partial charge is 0.130 e. The van der Waals surface area contributed by atoms with Crippen molar-refractivity contribution < 1.29 is 4.79 Å². The second-order valence-corrected chi connectivity index (χ2v) is 3.91. The molecule has 2 atom stereocenters. The summed E-state index contributed by atoms with van der Waals surface area (Å²) in [6.45, 7) is 2.17. The van der Waals surface area contributed by atoms with Crippen molar-refractivity contribution in [1.82, 2.24) is 0 Å². The van der Waals surface area contributed by atoms with E-state index in [9.17, 15) is 4.79 Å². The van der Waals surface area contributed by atoms with Gasteiger partial charge >= 0.3 is 0 Å². The summed E-state index contributed by atoms with van der Waals surface area (Å²) in [6, 6.07) is 0. The molecule has 0 radical (unpaired) electrons. The van der Waals surface area contributed by atoms with E-state index in [-0.39, 0.29) is 0 Å². The molecule has 2 unspecified atom stereocenters. The van der Waals surface area contributed by atoms with E-state index in [0.717, 1.165) is 0 Å². The number of hydrogen-bond donors (Lipinski definition) is 0. The van der Waals surface area contributed by atoms with Crippen LogP contribution in [0.3, 0.4) is 0 Å². The average molecular weight is 168 g/mol. The standard InChI is InChI=1S/C10H18NO/c1-8(12)6-9-4-2-3-5-10(9)7-11/h9-11H,2-7H2,1H3/q-1. The normalized spacial score (nSPS) is 30.2. The molecule has 0 heterocycles. The highest BCUT2D eigenvalue weighted by Gasteiger charge is 2.22. The van der Waals surface area contributed by atoms with Gasteiger partial charge in [-0.1, -0.05) is 25.2 Å². The summed E-state index contributed by atoms with van der Waals surface area (Å²) >= 11 is 0. The highest BCUT2D eigenvalue weighted by molar-refractivity contribution is 5.75. The second kappa shape index (κ2) is 4.61. The van der Waals surface area contributed by atoms with Crippen LogP contribution in [0.15, 0.2) is 0 Å². The fourth-order valence-corrected chi connectivity index (χ4v) is 2.19. The van der Waals surface area contributed by atoms with Gasteiger partial charge in [-0.25, -0.2) is 0 Å². The molecule has 1 aliphatic carbocycles. The maximum Gasteiger partial charge on any atom is 0.130 e. The van der Waals surface area contributed by atoms with Gasteiger partial charge in [0, 0.05) is 6.42 Å². The van der Waals surface area contributed by atoms with Crippen molar-refractivity contribution >= 4 is 5.78 Å². The van der Waals surface area contributed by atoms with Gasteiger partial charge < -0.3 is 10.5 Å². The summed E-state index contributed by atoms with van der Waals surface area (Å²) in [4.78, 5) is 10.9. The number of carbonyl (C=O) groups is 1. The first-order chi connectivity index (χ1) is 5.74. The highest BCUT2D eigenvalue weighted by atomic mass is 16.1. The summed E-state index contributed by atoms with van der Waals surface area (Å²) in [5.74, 6) is 1.32. The zero-order valence-electron chi connectivity index (χ0n) is 7.81. The fraction of sp³-hybridized carbons (Fsp3) is 0.900. The van der Waals surface area contributed by atoms with Crippen molar-refractivity contribution in [2.24, 2.45) is 11.8 Å². The Kier molecular flexibility index (Phi) is 3.73. The van der Waals surface area contributed by atoms with Crippen LogP contribution in [0.1, 0.15) is 39.0 Å². The number of Topliss-reactive ketones (excluding diaryl/α,β-unsaturated/α-hetero) is 1. The Labute approximate surface area is 74.5 Å². The van der Waals surface area contributed by atoms with E-state index < -0.39 is 0 Å². The van der Waals surface area contributed by atoms with E-state index in [1.54, 1.807) is 6.92 Å². The zero-order valence-corrected chi connectivity index (χ0v) is 7.81. The monoisotopic (exact) mass is 168 g/mol. The number of rotatable bonds is 3.